The van der Waals surface area contributed by atoms with E-state index in [1.54, 1.807) is 0 Å². The van der Waals surface area contributed by atoms with Crippen LogP contribution in [0.25, 0.3) is 0 Å². The average molecular weight is 303 g/mol. The van der Waals surface area contributed by atoms with Crippen molar-refractivity contribution in [1.29, 1.82) is 0 Å². The smallest absolute Gasteiger partial charge is 0.252 e. The fourth-order valence-corrected chi connectivity index (χ4v) is 3.61. The largest absolute Gasteiger partial charge is 0.381 e. The molecular weight excluding hydrogens is 278 g/mol. The van der Waals surface area contributed by atoms with E-state index in [1.165, 1.54) is 0 Å². The predicted molar refractivity (Wildman–Crippen MR) is 86.2 cm³/mol. The summed E-state index contributed by atoms with van der Waals surface area (Å²) in [5, 5.41) is 0. The Kier molecular flexibility index (Phi) is 4.08. The third-order valence-corrected chi connectivity index (χ3v) is 5.39. The van der Waals surface area contributed by atoms with Gasteiger partial charge in [-0.2, -0.15) is 0 Å². The van der Waals surface area contributed by atoms with Gasteiger partial charge in [0.05, 0.1) is 5.56 Å². The minimum absolute atomic E-state index is 0.392. The summed E-state index contributed by atoms with van der Waals surface area (Å²) in [4.78, 5) is 18.6. The van der Waals surface area contributed by atoms with Crippen LogP contribution >= 0.6 is 0 Å². The lowest BCUT2D eigenvalue weighted by atomic mass is 9.72. The van der Waals surface area contributed by atoms with E-state index in [4.69, 9.17) is 10.5 Å². The molecule has 2 N–H and O–H groups in total. The highest BCUT2D eigenvalue weighted by Gasteiger charge is 2.37. The van der Waals surface area contributed by atoms with Crippen LogP contribution in [0.3, 0.4) is 0 Å². The van der Waals surface area contributed by atoms with Gasteiger partial charge in [-0.15, -0.1) is 0 Å². The Hall–Kier alpha value is -1.62. The van der Waals surface area contributed by atoms with Crippen molar-refractivity contribution in [1.82, 2.24) is 4.98 Å². The Morgan fingerprint density at radius 3 is 2.45 bits per heavy atom. The first-order chi connectivity index (χ1) is 10.5. The van der Waals surface area contributed by atoms with Crippen molar-refractivity contribution in [2.75, 3.05) is 31.2 Å². The Balaban J connectivity index is 1.81. The number of aromatic nitrogens is 1. The van der Waals surface area contributed by atoms with Crippen LogP contribution < -0.4 is 10.6 Å². The number of nitrogens with two attached hydrogens (primary N) is 1. The summed E-state index contributed by atoms with van der Waals surface area (Å²) in [6.07, 6.45) is 4.60. The van der Waals surface area contributed by atoms with Crippen LogP contribution in [0.2, 0.25) is 0 Å². The summed E-state index contributed by atoms with van der Waals surface area (Å²) < 4.78 is 5.50. The molecule has 2 fully saturated rings. The standard InChI is InChI=1S/C17H25N3O2/c1-12-11-14(15(18)21)16(19-13(12)2)20-7-3-17(4-8-20)5-9-22-10-6-17/h11H,3-10H2,1-2H3,(H2,18,21). The van der Waals surface area contributed by atoms with Gasteiger partial charge in [0, 0.05) is 32.0 Å². The number of anilines is 1. The number of ether oxygens (including phenoxy) is 1. The summed E-state index contributed by atoms with van der Waals surface area (Å²) in [7, 11) is 0. The fourth-order valence-electron chi connectivity index (χ4n) is 3.61. The van der Waals surface area contributed by atoms with E-state index >= 15 is 0 Å². The molecule has 2 aliphatic rings. The van der Waals surface area contributed by atoms with Gasteiger partial charge < -0.3 is 15.4 Å². The predicted octanol–water partition coefficient (Wildman–Crippen LogP) is 2.19. The summed E-state index contributed by atoms with van der Waals surface area (Å²) in [6, 6.07) is 1.87. The van der Waals surface area contributed by atoms with Gasteiger partial charge in [-0.05, 0) is 56.6 Å². The van der Waals surface area contributed by atoms with E-state index in [0.717, 1.165) is 69.1 Å². The van der Waals surface area contributed by atoms with Crippen molar-refractivity contribution in [3.05, 3.63) is 22.9 Å². The van der Waals surface area contributed by atoms with Crippen molar-refractivity contribution in [3.8, 4) is 0 Å². The van der Waals surface area contributed by atoms with E-state index in [2.05, 4.69) is 9.88 Å². The molecular formula is C17H25N3O2. The van der Waals surface area contributed by atoms with Crippen LogP contribution in [-0.4, -0.2) is 37.2 Å². The molecule has 2 saturated heterocycles. The van der Waals surface area contributed by atoms with E-state index in [1.807, 2.05) is 19.9 Å². The maximum atomic E-state index is 11.8. The first-order valence-corrected chi connectivity index (χ1v) is 8.11. The molecule has 0 bridgehead atoms. The number of hydrogen-bond acceptors (Lipinski definition) is 4. The SMILES string of the molecule is Cc1cc(C(N)=O)c(N2CCC3(CCOCC3)CC2)nc1C. The van der Waals surface area contributed by atoms with Crippen molar-refractivity contribution in [3.63, 3.8) is 0 Å². The molecule has 1 spiro atoms. The number of carbonyl (C=O) groups excluding carboxylic acids is 1. The zero-order chi connectivity index (χ0) is 15.7. The maximum Gasteiger partial charge on any atom is 0.252 e. The van der Waals surface area contributed by atoms with Gasteiger partial charge in [-0.3, -0.25) is 4.79 Å². The minimum atomic E-state index is -0.392. The quantitative estimate of drug-likeness (QED) is 0.909. The van der Waals surface area contributed by atoms with Crippen molar-refractivity contribution in [2.24, 2.45) is 11.1 Å². The Bertz CT molecular complexity index is 570. The molecule has 0 atom stereocenters. The maximum absolute atomic E-state index is 11.8. The summed E-state index contributed by atoms with van der Waals surface area (Å²) in [5.74, 6) is 0.370. The normalized spacial score (nSPS) is 21.1. The van der Waals surface area contributed by atoms with Gasteiger partial charge in [0.25, 0.3) is 5.91 Å². The molecule has 0 radical (unpaired) electrons. The Labute approximate surface area is 131 Å². The molecule has 1 amide bonds. The zero-order valence-corrected chi connectivity index (χ0v) is 13.5. The van der Waals surface area contributed by atoms with Gasteiger partial charge >= 0.3 is 0 Å². The number of hydrogen-bond donors (Lipinski definition) is 1. The summed E-state index contributed by atoms with van der Waals surface area (Å²) in [6.45, 7) is 7.59. The van der Waals surface area contributed by atoms with Crippen molar-refractivity contribution >= 4 is 11.7 Å². The molecule has 1 aromatic heterocycles. The molecule has 0 aromatic carbocycles. The van der Waals surface area contributed by atoms with Crippen LogP contribution in [0.4, 0.5) is 5.82 Å². The highest BCUT2D eigenvalue weighted by atomic mass is 16.5. The van der Waals surface area contributed by atoms with Gasteiger partial charge in [-0.1, -0.05) is 0 Å². The van der Waals surface area contributed by atoms with Crippen LogP contribution in [0.15, 0.2) is 6.07 Å². The van der Waals surface area contributed by atoms with Crippen molar-refractivity contribution in [2.45, 2.75) is 39.5 Å². The second kappa shape index (κ2) is 5.88. The van der Waals surface area contributed by atoms with Gasteiger partial charge in [0.15, 0.2) is 0 Å². The molecule has 3 rings (SSSR count). The highest BCUT2D eigenvalue weighted by molar-refractivity contribution is 5.98. The molecule has 3 heterocycles. The van der Waals surface area contributed by atoms with Crippen LogP contribution in [-0.2, 0) is 4.74 Å². The molecule has 0 saturated carbocycles. The number of amides is 1. The number of rotatable bonds is 2. The number of aryl methyl sites for hydroxylation is 2. The summed E-state index contributed by atoms with van der Waals surface area (Å²) in [5.41, 5.74) is 8.51. The number of nitrogens with zero attached hydrogens (tertiary/aromatic N) is 2. The molecule has 5 nitrogen and oxygen atoms in total. The second-order valence-corrected chi connectivity index (χ2v) is 6.73. The molecule has 1 aromatic rings. The van der Waals surface area contributed by atoms with E-state index in [0.29, 0.717) is 11.0 Å². The number of piperidine rings is 1. The molecule has 5 heteroatoms. The Morgan fingerprint density at radius 2 is 1.86 bits per heavy atom. The highest BCUT2D eigenvalue weighted by Crippen LogP contribution is 2.41. The fraction of sp³-hybridized carbons (Fsp3) is 0.647. The van der Waals surface area contributed by atoms with Gasteiger partial charge in [0.2, 0.25) is 0 Å². The first kappa shape index (κ1) is 15.3. The van der Waals surface area contributed by atoms with Crippen molar-refractivity contribution < 1.29 is 9.53 Å². The number of pyridine rings is 1. The molecule has 0 unspecified atom stereocenters. The lowest BCUT2D eigenvalue weighted by Crippen LogP contribution is -2.43. The number of primary amides is 1. The van der Waals surface area contributed by atoms with Crippen LogP contribution in [0.1, 0.15) is 47.3 Å². The van der Waals surface area contributed by atoms with Gasteiger partial charge in [-0.25, -0.2) is 4.98 Å². The van der Waals surface area contributed by atoms with Crippen LogP contribution in [0.5, 0.6) is 0 Å². The molecule has 22 heavy (non-hydrogen) atoms. The first-order valence-electron chi connectivity index (χ1n) is 8.11. The topological polar surface area (TPSA) is 68.5 Å². The Morgan fingerprint density at radius 1 is 1.23 bits per heavy atom. The molecule has 2 aliphatic heterocycles. The van der Waals surface area contributed by atoms with Crippen LogP contribution in [0, 0.1) is 19.3 Å². The minimum Gasteiger partial charge on any atom is -0.381 e. The van der Waals surface area contributed by atoms with E-state index in [9.17, 15) is 4.79 Å². The molecule has 120 valence electrons. The lowest BCUT2D eigenvalue weighted by molar-refractivity contribution is 0.00205. The third-order valence-electron chi connectivity index (χ3n) is 5.39. The monoisotopic (exact) mass is 303 g/mol. The lowest BCUT2D eigenvalue weighted by Gasteiger charge is -2.44. The third kappa shape index (κ3) is 2.82. The molecule has 0 aliphatic carbocycles. The number of carbonyl (C=O) groups is 1. The van der Waals surface area contributed by atoms with E-state index in [-0.39, 0.29) is 0 Å². The summed E-state index contributed by atoms with van der Waals surface area (Å²) >= 11 is 0. The second-order valence-electron chi connectivity index (χ2n) is 6.73. The zero-order valence-electron chi connectivity index (χ0n) is 13.5. The van der Waals surface area contributed by atoms with E-state index < -0.39 is 5.91 Å². The average Bonchev–Trinajstić information content (AvgIpc) is 2.51. The van der Waals surface area contributed by atoms with Gasteiger partial charge in [0.1, 0.15) is 5.82 Å².